The smallest absolute Gasteiger partial charge is 0.250 e. The summed E-state index contributed by atoms with van der Waals surface area (Å²) in [5, 5.41) is 6.68. The summed E-state index contributed by atoms with van der Waals surface area (Å²) in [4.78, 5) is 11.2. The highest BCUT2D eigenvalue weighted by Gasteiger charge is 2.13. The molecule has 1 aromatic rings. The number of hydrogen-bond acceptors (Lipinski definition) is 3. The van der Waals surface area contributed by atoms with Crippen molar-refractivity contribution in [1.29, 1.82) is 0 Å². The summed E-state index contributed by atoms with van der Waals surface area (Å²) < 4.78 is 0. The van der Waals surface area contributed by atoms with Crippen LogP contribution in [-0.4, -0.2) is 25.5 Å². The Balaban J connectivity index is 1.96. The summed E-state index contributed by atoms with van der Waals surface area (Å²) in [5.41, 5.74) is 6.75. The van der Waals surface area contributed by atoms with Crippen molar-refractivity contribution in [2.24, 2.45) is 11.7 Å². The maximum absolute atomic E-state index is 11.2. The molecule has 0 radical (unpaired) electrons. The maximum atomic E-state index is 11.2. The average molecular weight is 233 g/mol. The maximum Gasteiger partial charge on any atom is 0.250 e. The third-order valence-electron chi connectivity index (χ3n) is 3.23. The molecule has 92 valence electrons. The van der Waals surface area contributed by atoms with Crippen LogP contribution < -0.4 is 16.4 Å². The topological polar surface area (TPSA) is 67.2 Å². The van der Waals surface area contributed by atoms with Crippen LogP contribution in [0.15, 0.2) is 24.3 Å². The van der Waals surface area contributed by atoms with E-state index < -0.39 is 0 Å². The van der Waals surface area contributed by atoms with E-state index in [2.05, 4.69) is 10.6 Å². The van der Waals surface area contributed by atoms with Crippen molar-refractivity contribution in [3.05, 3.63) is 29.8 Å². The molecule has 0 saturated carbocycles. The second-order valence-electron chi connectivity index (χ2n) is 4.48. The van der Waals surface area contributed by atoms with Crippen LogP contribution in [0.3, 0.4) is 0 Å². The van der Waals surface area contributed by atoms with Crippen LogP contribution in [0.25, 0.3) is 0 Å². The first kappa shape index (κ1) is 11.9. The average Bonchev–Trinajstić information content (AvgIpc) is 2.38. The highest BCUT2D eigenvalue weighted by atomic mass is 16.1. The minimum atomic E-state index is -0.376. The van der Waals surface area contributed by atoms with Gasteiger partial charge in [-0.05, 0) is 44.0 Å². The summed E-state index contributed by atoms with van der Waals surface area (Å²) >= 11 is 0. The monoisotopic (exact) mass is 233 g/mol. The molecule has 1 aromatic carbocycles. The van der Waals surface area contributed by atoms with Crippen molar-refractivity contribution in [2.75, 3.05) is 25.0 Å². The number of rotatable bonds is 4. The highest BCUT2D eigenvalue weighted by molar-refractivity contribution is 5.98. The van der Waals surface area contributed by atoms with Crippen LogP contribution in [0, 0.1) is 5.92 Å². The quantitative estimate of drug-likeness (QED) is 0.732. The molecule has 4 nitrogen and oxygen atoms in total. The first-order valence-corrected chi connectivity index (χ1v) is 6.11. The molecule has 1 aliphatic rings. The third kappa shape index (κ3) is 3.20. The van der Waals surface area contributed by atoms with E-state index in [4.69, 9.17) is 5.73 Å². The van der Waals surface area contributed by atoms with E-state index in [0.29, 0.717) is 11.5 Å². The summed E-state index contributed by atoms with van der Waals surface area (Å²) in [6.07, 6.45) is 2.37. The van der Waals surface area contributed by atoms with E-state index in [0.717, 1.165) is 25.3 Å². The Labute approximate surface area is 102 Å². The predicted molar refractivity (Wildman–Crippen MR) is 69.0 cm³/mol. The molecule has 2 rings (SSSR count). The fourth-order valence-electron chi connectivity index (χ4n) is 2.19. The highest BCUT2D eigenvalue weighted by Crippen LogP contribution is 2.17. The molecule has 1 heterocycles. The van der Waals surface area contributed by atoms with Gasteiger partial charge in [0, 0.05) is 12.2 Å². The number of carbonyl (C=O) groups is 1. The lowest BCUT2D eigenvalue weighted by molar-refractivity contribution is 0.100. The standard InChI is InChI=1S/C13H19N3O/c14-13(17)11-3-1-2-4-12(11)16-9-10-5-7-15-8-6-10/h1-4,10,15-16H,5-9H2,(H2,14,17). The number of nitrogens with one attached hydrogen (secondary N) is 2. The zero-order valence-corrected chi connectivity index (χ0v) is 9.91. The summed E-state index contributed by atoms with van der Waals surface area (Å²) in [5.74, 6) is 0.301. The van der Waals surface area contributed by atoms with Crippen molar-refractivity contribution in [2.45, 2.75) is 12.8 Å². The van der Waals surface area contributed by atoms with Crippen LogP contribution in [0.4, 0.5) is 5.69 Å². The van der Waals surface area contributed by atoms with E-state index in [1.807, 2.05) is 18.2 Å². The zero-order chi connectivity index (χ0) is 12.1. The van der Waals surface area contributed by atoms with Gasteiger partial charge in [0.25, 0.3) is 5.91 Å². The van der Waals surface area contributed by atoms with Gasteiger partial charge in [-0.25, -0.2) is 0 Å². The molecule has 1 aliphatic heterocycles. The van der Waals surface area contributed by atoms with Gasteiger partial charge in [0.1, 0.15) is 0 Å². The predicted octanol–water partition coefficient (Wildman–Crippen LogP) is 1.20. The van der Waals surface area contributed by atoms with Gasteiger partial charge >= 0.3 is 0 Å². The lowest BCUT2D eigenvalue weighted by Crippen LogP contribution is -2.31. The molecule has 4 N–H and O–H groups in total. The van der Waals surface area contributed by atoms with Crippen molar-refractivity contribution in [3.8, 4) is 0 Å². The van der Waals surface area contributed by atoms with Gasteiger partial charge in [0.2, 0.25) is 0 Å². The summed E-state index contributed by atoms with van der Waals surface area (Å²) in [7, 11) is 0. The van der Waals surface area contributed by atoms with Gasteiger partial charge in [-0.15, -0.1) is 0 Å². The third-order valence-corrected chi connectivity index (χ3v) is 3.23. The molecular formula is C13H19N3O. The summed E-state index contributed by atoms with van der Waals surface area (Å²) in [6, 6.07) is 7.40. The van der Waals surface area contributed by atoms with Gasteiger partial charge in [0.05, 0.1) is 5.56 Å². The number of carbonyl (C=O) groups excluding carboxylic acids is 1. The van der Waals surface area contributed by atoms with E-state index in [-0.39, 0.29) is 5.91 Å². The normalized spacial score (nSPS) is 16.7. The Morgan fingerprint density at radius 1 is 1.35 bits per heavy atom. The SMILES string of the molecule is NC(=O)c1ccccc1NCC1CCNCC1. The number of nitrogens with two attached hydrogens (primary N) is 1. The van der Waals surface area contributed by atoms with Crippen LogP contribution in [0.1, 0.15) is 23.2 Å². The largest absolute Gasteiger partial charge is 0.384 e. The number of primary amides is 1. The lowest BCUT2D eigenvalue weighted by Gasteiger charge is -2.23. The van der Waals surface area contributed by atoms with Crippen molar-refractivity contribution >= 4 is 11.6 Å². The second kappa shape index (κ2) is 5.68. The molecule has 4 heteroatoms. The number of anilines is 1. The van der Waals surface area contributed by atoms with Gasteiger partial charge in [0.15, 0.2) is 0 Å². The van der Waals surface area contributed by atoms with Crippen LogP contribution in [0.2, 0.25) is 0 Å². The molecule has 0 atom stereocenters. The molecule has 0 aromatic heterocycles. The Bertz CT molecular complexity index is 386. The van der Waals surface area contributed by atoms with Gasteiger partial charge in [-0.1, -0.05) is 12.1 Å². The van der Waals surface area contributed by atoms with E-state index in [1.165, 1.54) is 12.8 Å². The number of para-hydroxylation sites is 1. The van der Waals surface area contributed by atoms with Crippen molar-refractivity contribution in [3.63, 3.8) is 0 Å². The Kier molecular flexibility index (Phi) is 3.98. The van der Waals surface area contributed by atoms with Crippen LogP contribution >= 0.6 is 0 Å². The first-order valence-electron chi connectivity index (χ1n) is 6.11. The van der Waals surface area contributed by atoms with Gasteiger partial charge < -0.3 is 16.4 Å². The number of hydrogen-bond donors (Lipinski definition) is 3. The summed E-state index contributed by atoms with van der Waals surface area (Å²) in [6.45, 7) is 3.08. The Hall–Kier alpha value is -1.55. The molecule has 0 spiro atoms. The lowest BCUT2D eigenvalue weighted by atomic mass is 9.98. The zero-order valence-electron chi connectivity index (χ0n) is 9.91. The Morgan fingerprint density at radius 2 is 2.06 bits per heavy atom. The van der Waals surface area contributed by atoms with Crippen LogP contribution in [0.5, 0.6) is 0 Å². The fraction of sp³-hybridized carbons (Fsp3) is 0.462. The molecule has 0 bridgehead atoms. The molecular weight excluding hydrogens is 214 g/mol. The molecule has 1 saturated heterocycles. The second-order valence-corrected chi connectivity index (χ2v) is 4.48. The molecule has 0 unspecified atom stereocenters. The number of amides is 1. The van der Waals surface area contributed by atoms with Gasteiger partial charge in [-0.3, -0.25) is 4.79 Å². The molecule has 17 heavy (non-hydrogen) atoms. The number of benzene rings is 1. The van der Waals surface area contributed by atoms with E-state index in [9.17, 15) is 4.79 Å². The van der Waals surface area contributed by atoms with E-state index >= 15 is 0 Å². The van der Waals surface area contributed by atoms with Crippen molar-refractivity contribution < 1.29 is 4.79 Å². The molecule has 1 fully saturated rings. The van der Waals surface area contributed by atoms with Crippen molar-refractivity contribution in [1.82, 2.24) is 5.32 Å². The first-order chi connectivity index (χ1) is 8.27. The van der Waals surface area contributed by atoms with Crippen LogP contribution in [-0.2, 0) is 0 Å². The minimum Gasteiger partial charge on any atom is -0.384 e. The Morgan fingerprint density at radius 3 is 2.76 bits per heavy atom. The molecule has 1 amide bonds. The molecule has 0 aliphatic carbocycles. The van der Waals surface area contributed by atoms with E-state index in [1.54, 1.807) is 6.07 Å². The van der Waals surface area contributed by atoms with Gasteiger partial charge in [-0.2, -0.15) is 0 Å². The number of piperidine rings is 1. The minimum absolute atomic E-state index is 0.376. The fourth-order valence-corrected chi connectivity index (χ4v) is 2.19.